The normalized spacial score (nSPS) is 11.7. The maximum absolute atomic E-state index is 12.2. The highest BCUT2D eigenvalue weighted by atomic mass is 19.4. The van der Waals surface area contributed by atoms with Crippen LogP contribution in [-0.4, -0.2) is 0 Å². The summed E-state index contributed by atoms with van der Waals surface area (Å²) >= 11 is 0. The molecule has 82 valence electrons. The summed E-state index contributed by atoms with van der Waals surface area (Å²) in [6.07, 6.45) is -1.01. The quantitative estimate of drug-likeness (QED) is 0.661. The molecule has 0 N–H and O–H groups in total. The van der Waals surface area contributed by atoms with Gasteiger partial charge in [0.25, 0.3) is 0 Å². The molecule has 2 radical (unpaired) electrons. The van der Waals surface area contributed by atoms with E-state index in [2.05, 4.69) is 0 Å². The molecule has 0 unspecified atom stereocenters. The first kappa shape index (κ1) is 12.1. The van der Waals surface area contributed by atoms with Crippen molar-refractivity contribution in [2.75, 3.05) is 0 Å². The second-order valence-corrected chi connectivity index (χ2v) is 3.44. The van der Waals surface area contributed by atoms with Crippen LogP contribution in [0.1, 0.15) is 30.4 Å². The van der Waals surface area contributed by atoms with Crippen LogP contribution >= 0.6 is 0 Å². The van der Waals surface area contributed by atoms with Crippen molar-refractivity contribution in [2.24, 2.45) is 0 Å². The summed E-state index contributed by atoms with van der Waals surface area (Å²) in [4.78, 5) is 0. The third-order valence-electron chi connectivity index (χ3n) is 2.20. The van der Waals surface area contributed by atoms with Crippen molar-refractivity contribution in [1.82, 2.24) is 0 Å². The maximum atomic E-state index is 12.2. The average molecular weight is 214 g/mol. The molecule has 0 aliphatic rings. The molecule has 0 aromatic heterocycles. The first-order valence-corrected chi connectivity index (χ1v) is 4.90. The standard InChI is InChI=1S/C12H13F3/c1-2-3-4-5-10-6-8-11(9-7-10)12(13,14)15/h1,6-9H,2-5H2. The Labute approximate surface area is 88.1 Å². The monoisotopic (exact) mass is 214 g/mol. The van der Waals surface area contributed by atoms with Gasteiger partial charge in [0.1, 0.15) is 0 Å². The number of alkyl halides is 3. The zero-order valence-corrected chi connectivity index (χ0v) is 8.35. The van der Waals surface area contributed by atoms with Crippen LogP contribution in [0.2, 0.25) is 0 Å². The van der Waals surface area contributed by atoms with Crippen molar-refractivity contribution in [2.45, 2.75) is 31.9 Å². The molecule has 0 amide bonds. The smallest absolute Gasteiger partial charge is 0.166 e. The van der Waals surface area contributed by atoms with Gasteiger partial charge < -0.3 is 0 Å². The molecule has 0 saturated carbocycles. The van der Waals surface area contributed by atoms with Crippen molar-refractivity contribution in [1.29, 1.82) is 0 Å². The third kappa shape index (κ3) is 3.94. The molecule has 0 bridgehead atoms. The molecular weight excluding hydrogens is 201 g/mol. The largest absolute Gasteiger partial charge is 0.416 e. The molecule has 0 heterocycles. The van der Waals surface area contributed by atoms with E-state index in [1.165, 1.54) is 12.1 Å². The Hall–Kier alpha value is -0.990. The van der Waals surface area contributed by atoms with Gasteiger partial charge in [-0.05, 0) is 43.9 Å². The average Bonchev–Trinajstić information content (AvgIpc) is 2.18. The van der Waals surface area contributed by atoms with Crippen LogP contribution in [0.25, 0.3) is 0 Å². The number of benzene rings is 1. The predicted molar refractivity (Wildman–Crippen MR) is 53.3 cm³/mol. The highest BCUT2D eigenvalue weighted by molar-refractivity contribution is 5.24. The van der Waals surface area contributed by atoms with Crippen LogP contribution in [0, 0.1) is 6.92 Å². The zero-order chi connectivity index (χ0) is 11.3. The van der Waals surface area contributed by atoms with Crippen molar-refractivity contribution in [3.63, 3.8) is 0 Å². The van der Waals surface area contributed by atoms with Crippen LogP contribution in [0.4, 0.5) is 13.2 Å². The van der Waals surface area contributed by atoms with E-state index >= 15 is 0 Å². The molecule has 0 fully saturated rings. The molecule has 1 aromatic carbocycles. The minimum absolute atomic E-state index is 0.593. The van der Waals surface area contributed by atoms with E-state index in [0.29, 0.717) is 6.42 Å². The SMILES string of the molecule is [CH]CCCCc1ccc(C(F)(F)F)cc1. The lowest BCUT2D eigenvalue weighted by Gasteiger charge is -2.07. The molecule has 0 aliphatic heterocycles. The minimum atomic E-state index is -4.24. The van der Waals surface area contributed by atoms with Crippen LogP contribution in [0.15, 0.2) is 24.3 Å². The van der Waals surface area contributed by atoms with Gasteiger partial charge in [0.15, 0.2) is 0 Å². The van der Waals surface area contributed by atoms with Crippen LogP contribution < -0.4 is 0 Å². The predicted octanol–water partition coefficient (Wildman–Crippen LogP) is 4.13. The van der Waals surface area contributed by atoms with E-state index in [0.717, 1.165) is 37.0 Å². The van der Waals surface area contributed by atoms with Gasteiger partial charge in [-0.2, -0.15) is 13.2 Å². The lowest BCUT2D eigenvalue weighted by Crippen LogP contribution is -2.04. The van der Waals surface area contributed by atoms with Crippen molar-refractivity contribution >= 4 is 0 Å². The minimum Gasteiger partial charge on any atom is -0.166 e. The summed E-state index contributed by atoms with van der Waals surface area (Å²) in [5.41, 5.74) is 0.335. The fourth-order valence-corrected chi connectivity index (χ4v) is 1.33. The van der Waals surface area contributed by atoms with Gasteiger partial charge in [-0.15, -0.1) is 0 Å². The lowest BCUT2D eigenvalue weighted by molar-refractivity contribution is -0.137. The van der Waals surface area contributed by atoms with Crippen molar-refractivity contribution < 1.29 is 13.2 Å². The summed E-state index contributed by atoms with van der Waals surface area (Å²) in [6, 6.07) is 5.30. The molecule has 3 heteroatoms. The fraction of sp³-hybridized carbons (Fsp3) is 0.417. The molecule has 0 aliphatic carbocycles. The van der Waals surface area contributed by atoms with Gasteiger partial charge in [0.2, 0.25) is 0 Å². The van der Waals surface area contributed by atoms with E-state index in [4.69, 9.17) is 6.92 Å². The highest BCUT2D eigenvalue weighted by Crippen LogP contribution is 2.29. The molecule has 0 nitrogen and oxygen atoms in total. The Morgan fingerprint density at radius 3 is 2.07 bits per heavy atom. The molecule has 15 heavy (non-hydrogen) atoms. The van der Waals surface area contributed by atoms with Crippen molar-refractivity contribution in [3.8, 4) is 0 Å². The highest BCUT2D eigenvalue weighted by Gasteiger charge is 2.29. The lowest BCUT2D eigenvalue weighted by atomic mass is 10.1. The number of rotatable bonds is 4. The van der Waals surface area contributed by atoms with Gasteiger partial charge >= 0.3 is 6.18 Å². The Morgan fingerprint density at radius 1 is 1.00 bits per heavy atom. The van der Waals surface area contributed by atoms with Crippen LogP contribution in [-0.2, 0) is 12.6 Å². The van der Waals surface area contributed by atoms with Crippen LogP contribution in [0.3, 0.4) is 0 Å². The van der Waals surface area contributed by atoms with Crippen molar-refractivity contribution in [3.05, 3.63) is 42.3 Å². The zero-order valence-electron chi connectivity index (χ0n) is 8.35. The second-order valence-electron chi connectivity index (χ2n) is 3.44. The number of hydrogen-bond acceptors (Lipinski definition) is 0. The summed E-state index contributed by atoms with van der Waals surface area (Å²) in [6.45, 7) is 5.33. The summed E-state index contributed by atoms with van der Waals surface area (Å²) < 4.78 is 36.6. The Morgan fingerprint density at radius 2 is 1.60 bits per heavy atom. The summed E-state index contributed by atoms with van der Waals surface area (Å²) in [5.74, 6) is 0. The Kier molecular flexibility index (Phi) is 4.18. The molecule has 0 atom stereocenters. The molecular formula is C12H13F3. The van der Waals surface area contributed by atoms with Gasteiger partial charge in [0, 0.05) is 0 Å². The van der Waals surface area contributed by atoms with Gasteiger partial charge in [-0.25, -0.2) is 0 Å². The number of aryl methyl sites for hydroxylation is 1. The van der Waals surface area contributed by atoms with E-state index in [1.807, 2.05) is 0 Å². The molecule has 0 saturated heterocycles. The fourth-order valence-electron chi connectivity index (χ4n) is 1.33. The third-order valence-corrected chi connectivity index (χ3v) is 2.20. The molecule has 0 spiro atoms. The first-order valence-electron chi connectivity index (χ1n) is 4.90. The van der Waals surface area contributed by atoms with Crippen LogP contribution in [0.5, 0.6) is 0 Å². The summed E-state index contributed by atoms with van der Waals surface area (Å²) in [7, 11) is 0. The van der Waals surface area contributed by atoms with E-state index in [9.17, 15) is 13.2 Å². The first-order chi connectivity index (χ1) is 7.04. The Balaban J connectivity index is 2.57. The van der Waals surface area contributed by atoms with E-state index in [1.54, 1.807) is 0 Å². The van der Waals surface area contributed by atoms with Gasteiger partial charge in [-0.1, -0.05) is 18.6 Å². The van der Waals surface area contributed by atoms with E-state index in [-0.39, 0.29) is 0 Å². The number of halogens is 3. The maximum Gasteiger partial charge on any atom is 0.416 e. The number of hydrogen-bond donors (Lipinski definition) is 0. The molecule has 1 rings (SSSR count). The topological polar surface area (TPSA) is 0 Å². The van der Waals surface area contributed by atoms with Gasteiger partial charge in [-0.3, -0.25) is 0 Å². The van der Waals surface area contributed by atoms with Gasteiger partial charge in [0.05, 0.1) is 5.56 Å². The second kappa shape index (κ2) is 5.19. The summed E-state index contributed by atoms with van der Waals surface area (Å²) in [5, 5.41) is 0. The molecule has 1 aromatic rings. The Bertz CT molecular complexity index is 285. The number of unbranched alkanes of at least 4 members (excludes halogenated alkanes) is 2. The van der Waals surface area contributed by atoms with E-state index < -0.39 is 11.7 Å².